The second kappa shape index (κ2) is 7.01. The largest absolute Gasteiger partial charge is 0.469 e. The van der Waals surface area contributed by atoms with Crippen molar-refractivity contribution in [3.8, 4) is 0 Å². The van der Waals surface area contributed by atoms with E-state index < -0.39 is 0 Å². The Labute approximate surface area is 147 Å². The van der Waals surface area contributed by atoms with Crippen LogP contribution in [0.3, 0.4) is 0 Å². The zero-order chi connectivity index (χ0) is 17.2. The predicted molar refractivity (Wildman–Crippen MR) is 91.2 cm³/mol. The number of imidazole rings is 1. The molecular formula is C18H24N4O3. The van der Waals surface area contributed by atoms with Crippen LogP contribution in [0.25, 0.3) is 0 Å². The molecule has 2 aliphatic rings. The van der Waals surface area contributed by atoms with Crippen molar-refractivity contribution in [1.29, 1.82) is 0 Å². The standard InChI is InChI=1S/C18H24N4O3/c1-14-16(2-7-25-14)18(23)22-12-15(10-20-5-8-24-9-6-20)11-21-4-3-19-17(21)13-22/h2-4,7,15H,5-6,8-13H2,1H3/t15-/m0/s1. The average Bonchev–Trinajstić information content (AvgIpc) is 3.20. The molecule has 7 heteroatoms. The molecule has 0 bridgehead atoms. The minimum atomic E-state index is 0.0228. The number of morpholine rings is 1. The minimum Gasteiger partial charge on any atom is -0.469 e. The number of hydrogen-bond donors (Lipinski definition) is 0. The van der Waals surface area contributed by atoms with Gasteiger partial charge in [0.25, 0.3) is 5.91 Å². The third-order valence-electron chi connectivity index (χ3n) is 5.06. The van der Waals surface area contributed by atoms with Gasteiger partial charge in [-0.2, -0.15) is 0 Å². The van der Waals surface area contributed by atoms with E-state index in [-0.39, 0.29) is 5.91 Å². The molecule has 0 unspecified atom stereocenters. The highest BCUT2D eigenvalue weighted by Gasteiger charge is 2.29. The maximum atomic E-state index is 13.0. The Morgan fingerprint density at radius 2 is 2.16 bits per heavy atom. The molecule has 4 heterocycles. The summed E-state index contributed by atoms with van der Waals surface area (Å²) in [5.41, 5.74) is 0.644. The second-order valence-electron chi connectivity index (χ2n) is 6.85. The molecule has 7 nitrogen and oxygen atoms in total. The van der Waals surface area contributed by atoms with Crippen LogP contribution in [0.2, 0.25) is 0 Å². The summed E-state index contributed by atoms with van der Waals surface area (Å²) in [5.74, 6) is 2.00. The zero-order valence-corrected chi connectivity index (χ0v) is 14.6. The topological polar surface area (TPSA) is 63.7 Å². The molecule has 2 aliphatic heterocycles. The van der Waals surface area contributed by atoms with E-state index in [4.69, 9.17) is 9.15 Å². The molecule has 25 heavy (non-hydrogen) atoms. The first-order chi connectivity index (χ1) is 12.2. The van der Waals surface area contributed by atoms with Gasteiger partial charge in [-0.3, -0.25) is 9.69 Å². The van der Waals surface area contributed by atoms with Gasteiger partial charge in [-0.1, -0.05) is 0 Å². The number of ether oxygens (including phenoxy) is 1. The van der Waals surface area contributed by atoms with Crippen LogP contribution in [0, 0.1) is 12.8 Å². The first kappa shape index (κ1) is 16.4. The van der Waals surface area contributed by atoms with Gasteiger partial charge < -0.3 is 18.6 Å². The molecule has 4 rings (SSSR count). The highest BCUT2D eigenvalue weighted by atomic mass is 16.5. The Morgan fingerprint density at radius 3 is 2.92 bits per heavy atom. The van der Waals surface area contributed by atoms with Gasteiger partial charge in [0.15, 0.2) is 0 Å². The van der Waals surface area contributed by atoms with Gasteiger partial charge in [0.05, 0.1) is 31.6 Å². The van der Waals surface area contributed by atoms with Crippen LogP contribution in [-0.2, 0) is 17.8 Å². The third-order valence-corrected chi connectivity index (χ3v) is 5.06. The third kappa shape index (κ3) is 3.48. The summed E-state index contributed by atoms with van der Waals surface area (Å²) in [5, 5.41) is 0. The smallest absolute Gasteiger partial charge is 0.257 e. The van der Waals surface area contributed by atoms with Crippen LogP contribution in [0.4, 0.5) is 0 Å². The van der Waals surface area contributed by atoms with Gasteiger partial charge >= 0.3 is 0 Å². The van der Waals surface area contributed by atoms with E-state index in [0.29, 0.717) is 23.8 Å². The second-order valence-corrected chi connectivity index (χ2v) is 6.85. The van der Waals surface area contributed by atoms with E-state index >= 15 is 0 Å². The SMILES string of the molecule is Cc1occc1C(=O)N1Cc2nccn2C[C@H](CN2CCOCC2)C1. The first-order valence-corrected chi connectivity index (χ1v) is 8.84. The number of aromatic nitrogens is 2. The van der Waals surface area contributed by atoms with Gasteiger partial charge in [-0.05, 0) is 13.0 Å². The molecule has 0 aromatic carbocycles. The lowest BCUT2D eigenvalue weighted by molar-refractivity contribution is 0.0263. The monoisotopic (exact) mass is 344 g/mol. The summed E-state index contributed by atoms with van der Waals surface area (Å²) >= 11 is 0. The quantitative estimate of drug-likeness (QED) is 0.842. The number of fused-ring (bicyclic) bond motifs is 1. The van der Waals surface area contributed by atoms with E-state index in [1.54, 1.807) is 12.3 Å². The van der Waals surface area contributed by atoms with Gasteiger partial charge in [0.1, 0.15) is 11.6 Å². The molecule has 1 amide bonds. The molecule has 0 N–H and O–H groups in total. The van der Waals surface area contributed by atoms with Crippen LogP contribution in [0.15, 0.2) is 29.1 Å². The predicted octanol–water partition coefficient (Wildman–Crippen LogP) is 1.39. The summed E-state index contributed by atoms with van der Waals surface area (Å²) in [6, 6.07) is 1.76. The highest BCUT2D eigenvalue weighted by molar-refractivity contribution is 5.95. The number of furan rings is 1. The summed E-state index contributed by atoms with van der Waals surface area (Å²) in [7, 11) is 0. The van der Waals surface area contributed by atoms with Crippen molar-refractivity contribution in [2.45, 2.75) is 20.0 Å². The highest BCUT2D eigenvalue weighted by Crippen LogP contribution is 2.21. The molecule has 0 aliphatic carbocycles. The Balaban J connectivity index is 1.54. The van der Waals surface area contributed by atoms with E-state index in [0.717, 1.165) is 51.8 Å². The molecule has 1 atom stereocenters. The normalized spacial score (nSPS) is 21.8. The summed E-state index contributed by atoms with van der Waals surface area (Å²) in [6.07, 6.45) is 5.41. The fraction of sp³-hybridized carbons (Fsp3) is 0.556. The fourth-order valence-corrected chi connectivity index (χ4v) is 3.74. The molecule has 1 saturated heterocycles. The van der Waals surface area contributed by atoms with Gasteiger partial charge in [0, 0.05) is 51.0 Å². The van der Waals surface area contributed by atoms with Crippen molar-refractivity contribution in [2.75, 3.05) is 39.4 Å². The first-order valence-electron chi connectivity index (χ1n) is 8.84. The van der Waals surface area contributed by atoms with Gasteiger partial charge in [-0.25, -0.2) is 4.98 Å². The van der Waals surface area contributed by atoms with E-state index in [1.807, 2.05) is 24.2 Å². The van der Waals surface area contributed by atoms with Crippen molar-refractivity contribution >= 4 is 5.91 Å². The van der Waals surface area contributed by atoms with Crippen molar-refractivity contribution < 1.29 is 13.9 Å². The molecule has 0 radical (unpaired) electrons. The lowest BCUT2D eigenvalue weighted by atomic mass is 10.1. The lowest BCUT2D eigenvalue weighted by Gasteiger charge is -2.31. The summed E-state index contributed by atoms with van der Waals surface area (Å²) in [4.78, 5) is 21.8. The summed E-state index contributed by atoms with van der Waals surface area (Å²) < 4.78 is 12.9. The fourth-order valence-electron chi connectivity index (χ4n) is 3.74. The lowest BCUT2D eigenvalue weighted by Crippen LogP contribution is -2.43. The Hall–Kier alpha value is -2.12. The van der Waals surface area contributed by atoms with Crippen molar-refractivity contribution in [3.63, 3.8) is 0 Å². The van der Waals surface area contributed by atoms with Crippen LogP contribution < -0.4 is 0 Å². The number of rotatable bonds is 3. The molecule has 2 aromatic heterocycles. The van der Waals surface area contributed by atoms with Gasteiger partial charge in [0.2, 0.25) is 0 Å². The molecule has 1 fully saturated rings. The average molecular weight is 344 g/mol. The number of aryl methyl sites for hydroxylation is 1. The number of hydrogen-bond acceptors (Lipinski definition) is 5. The molecule has 0 spiro atoms. The van der Waals surface area contributed by atoms with Gasteiger partial charge in [-0.15, -0.1) is 0 Å². The minimum absolute atomic E-state index is 0.0228. The van der Waals surface area contributed by atoms with E-state index in [2.05, 4.69) is 14.5 Å². The maximum Gasteiger partial charge on any atom is 0.257 e. The number of carbonyl (C=O) groups is 1. The molecule has 0 saturated carbocycles. The number of carbonyl (C=O) groups excluding carboxylic acids is 1. The van der Waals surface area contributed by atoms with Crippen LogP contribution in [0.1, 0.15) is 21.9 Å². The molecule has 134 valence electrons. The zero-order valence-electron chi connectivity index (χ0n) is 14.6. The Morgan fingerprint density at radius 1 is 1.32 bits per heavy atom. The van der Waals surface area contributed by atoms with Crippen molar-refractivity contribution in [1.82, 2.24) is 19.4 Å². The molecular weight excluding hydrogens is 320 g/mol. The molecule has 2 aromatic rings. The van der Waals surface area contributed by atoms with Crippen LogP contribution in [0.5, 0.6) is 0 Å². The number of amides is 1. The van der Waals surface area contributed by atoms with Crippen LogP contribution in [-0.4, -0.2) is 64.7 Å². The van der Waals surface area contributed by atoms with Crippen molar-refractivity contribution in [2.24, 2.45) is 5.92 Å². The van der Waals surface area contributed by atoms with E-state index in [1.165, 1.54) is 0 Å². The Bertz CT molecular complexity index is 732. The summed E-state index contributed by atoms with van der Waals surface area (Å²) in [6.45, 7) is 8.46. The Kier molecular flexibility index (Phi) is 4.59. The number of nitrogens with zero attached hydrogens (tertiary/aromatic N) is 4. The van der Waals surface area contributed by atoms with Crippen molar-refractivity contribution in [3.05, 3.63) is 41.9 Å². The maximum absolute atomic E-state index is 13.0. The van der Waals surface area contributed by atoms with E-state index in [9.17, 15) is 4.79 Å². The van der Waals surface area contributed by atoms with Crippen LogP contribution >= 0.6 is 0 Å².